The maximum atomic E-state index is 12.2. The first-order valence-electron chi connectivity index (χ1n) is 5.30. The van der Waals surface area contributed by atoms with Crippen molar-refractivity contribution >= 4 is 43.2 Å². The van der Waals surface area contributed by atoms with Crippen molar-refractivity contribution in [3.8, 4) is 0 Å². The van der Waals surface area contributed by atoms with Crippen molar-refractivity contribution in [2.75, 3.05) is 4.72 Å². The third kappa shape index (κ3) is 3.26. The zero-order valence-electron chi connectivity index (χ0n) is 9.89. The fourth-order valence-corrected chi connectivity index (χ4v) is 3.54. The number of aromatic nitrogens is 1. The number of hydrogen-bond acceptors (Lipinski definition) is 3. The highest BCUT2D eigenvalue weighted by atomic mass is 79.9. The smallest absolute Gasteiger partial charge is 0.263 e. The Morgan fingerprint density at radius 2 is 1.89 bits per heavy atom. The lowest BCUT2D eigenvalue weighted by Gasteiger charge is -2.11. The molecule has 0 saturated heterocycles. The highest BCUT2D eigenvalue weighted by molar-refractivity contribution is 9.10. The molecule has 1 aromatic heterocycles. The number of halogens is 2. The Morgan fingerprint density at radius 3 is 2.53 bits per heavy atom. The Labute approximate surface area is 125 Å². The monoisotopic (exact) mass is 360 g/mol. The summed E-state index contributed by atoms with van der Waals surface area (Å²) in [5.74, 6) is 0. The van der Waals surface area contributed by atoms with E-state index in [2.05, 4.69) is 25.6 Å². The van der Waals surface area contributed by atoms with Crippen molar-refractivity contribution in [1.82, 2.24) is 4.98 Å². The van der Waals surface area contributed by atoms with Gasteiger partial charge in [-0.25, -0.2) is 13.4 Å². The molecule has 1 heterocycles. The van der Waals surface area contributed by atoms with Crippen LogP contribution in [0.4, 0.5) is 5.69 Å². The molecule has 1 aromatic carbocycles. The molecule has 0 spiro atoms. The van der Waals surface area contributed by atoms with Gasteiger partial charge in [0.2, 0.25) is 0 Å². The van der Waals surface area contributed by atoms with Gasteiger partial charge in [-0.15, -0.1) is 0 Å². The molecular weight excluding hydrogens is 352 g/mol. The van der Waals surface area contributed by atoms with E-state index in [0.717, 1.165) is 0 Å². The van der Waals surface area contributed by atoms with Crippen LogP contribution in [0.1, 0.15) is 5.69 Å². The van der Waals surface area contributed by atoms with E-state index in [1.165, 1.54) is 12.1 Å². The van der Waals surface area contributed by atoms with Crippen LogP contribution in [0.15, 0.2) is 45.9 Å². The van der Waals surface area contributed by atoms with Crippen LogP contribution in [-0.2, 0) is 10.0 Å². The second-order valence-electron chi connectivity index (χ2n) is 3.80. The lowest BCUT2D eigenvalue weighted by molar-refractivity contribution is 0.601. The topological polar surface area (TPSA) is 59.1 Å². The van der Waals surface area contributed by atoms with E-state index in [0.29, 0.717) is 16.0 Å². The molecule has 0 bridgehead atoms. The summed E-state index contributed by atoms with van der Waals surface area (Å²) in [5, 5.41) is 0.178. The quantitative estimate of drug-likeness (QED) is 0.850. The minimum Gasteiger partial charge on any atom is -0.278 e. The molecule has 7 heteroatoms. The summed E-state index contributed by atoms with van der Waals surface area (Å²) in [5.41, 5.74) is 0.994. The van der Waals surface area contributed by atoms with E-state index in [9.17, 15) is 8.42 Å². The molecule has 4 nitrogen and oxygen atoms in total. The maximum Gasteiger partial charge on any atom is 0.263 e. The molecular formula is C12H10BrClN2O2S. The second-order valence-corrected chi connectivity index (χ2v) is 6.67. The van der Waals surface area contributed by atoms with Crippen LogP contribution in [0.3, 0.4) is 0 Å². The Balaban J connectivity index is 2.40. The second kappa shape index (κ2) is 5.48. The summed E-state index contributed by atoms with van der Waals surface area (Å²) >= 11 is 9.12. The van der Waals surface area contributed by atoms with E-state index < -0.39 is 10.0 Å². The van der Waals surface area contributed by atoms with Gasteiger partial charge >= 0.3 is 0 Å². The first kappa shape index (κ1) is 14.3. The third-order valence-electron chi connectivity index (χ3n) is 2.42. The number of hydrogen-bond donors (Lipinski definition) is 1. The lowest BCUT2D eigenvalue weighted by atomic mass is 10.3. The number of nitrogens with zero attached hydrogens (tertiary/aromatic N) is 1. The first-order valence-corrected chi connectivity index (χ1v) is 7.96. The van der Waals surface area contributed by atoms with Crippen LogP contribution in [0.5, 0.6) is 0 Å². The van der Waals surface area contributed by atoms with E-state index in [1.807, 2.05) is 0 Å². The normalized spacial score (nSPS) is 11.3. The molecule has 2 rings (SSSR count). The van der Waals surface area contributed by atoms with Gasteiger partial charge in [0.25, 0.3) is 10.0 Å². The predicted molar refractivity (Wildman–Crippen MR) is 78.9 cm³/mol. The average Bonchev–Trinajstić information content (AvgIpc) is 2.33. The Kier molecular flexibility index (Phi) is 4.13. The fraction of sp³-hybridized carbons (Fsp3) is 0.0833. The van der Waals surface area contributed by atoms with E-state index >= 15 is 0 Å². The van der Waals surface area contributed by atoms with Crippen LogP contribution >= 0.6 is 27.5 Å². The summed E-state index contributed by atoms with van der Waals surface area (Å²) in [6, 6.07) is 9.58. The summed E-state index contributed by atoms with van der Waals surface area (Å²) in [6.45, 7) is 1.72. The molecule has 0 aliphatic rings. The Hall–Kier alpha value is -1.11. The largest absolute Gasteiger partial charge is 0.278 e. The number of sulfonamides is 1. The maximum absolute atomic E-state index is 12.2. The zero-order chi connectivity index (χ0) is 14.0. The SMILES string of the molecule is Cc1nc(Br)ccc1NS(=O)(=O)c1ccccc1Cl. The van der Waals surface area contributed by atoms with Crippen LogP contribution in [-0.4, -0.2) is 13.4 Å². The van der Waals surface area contributed by atoms with E-state index in [-0.39, 0.29) is 9.92 Å². The van der Waals surface area contributed by atoms with Gasteiger partial charge in [0.1, 0.15) is 9.50 Å². The van der Waals surface area contributed by atoms with E-state index in [1.54, 1.807) is 31.2 Å². The molecule has 0 aliphatic carbocycles. The van der Waals surface area contributed by atoms with Gasteiger partial charge in [0, 0.05) is 0 Å². The van der Waals surface area contributed by atoms with Gasteiger partial charge in [-0.05, 0) is 47.1 Å². The molecule has 0 amide bonds. The number of rotatable bonds is 3. The van der Waals surface area contributed by atoms with Crippen molar-refractivity contribution in [2.45, 2.75) is 11.8 Å². The molecule has 0 unspecified atom stereocenters. The van der Waals surface area contributed by atoms with Crippen molar-refractivity contribution < 1.29 is 8.42 Å². The molecule has 19 heavy (non-hydrogen) atoms. The molecule has 100 valence electrons. The van der Waals surface area contributed by atoms with Crippen LogP contribution in [0.2, 0.25) is 5.02 Å². The average molecular weight is 362 g/mol. The number of aryl methyl sites for hydroxylation is 1. The van der Waals surface area contributed by atoms with Crippen molar-refractivity contribution in [2.24, 2.45) is 0 Å². The molecule has 0 atom stereocenters. The summed E-state index contributed by atoms with van der Waals surface area (Å²) in [7, 11) is -3.72. The minimum absolute atomic E-state index is 0.0407. The van der Waals surface area contributed by atoms with Crippen molar-refractivity contribution in [3.63, 3.8) is 0 Å². The van der Waals surface area contributed by atoms with Crippen LogP contribution < -0.4 is 4.72 Å². The molecule has 0 saturated carbocycles. The lowest BCUT2D eigenvalue weighted by Crippen LogP contribution is -2.14. The van der Waals surface area contributed by atoms with Gasteiger partial charge in [0.15, 0.2) is 0 Å². The van der Waals surface area contributed by atoms with Gasteiger partial charge in [-0.3, -0.25) is 4.72 Å². The Bertz CT molecular complexity index is 719. The molecule has 0 aliphatic heterocycles. The third-order valence-corrected chi connectivity index (χ3v) is 4.73. The summed E-state index contributed by atoms with van der Waals surface area (Å²) in [6.07, 6.45) is 0. The van der Waals surface area contributed by atoms with Gasteiger partial charge < -0.3 is 0 Å². The van der Waals surface area contributed by atoms with Crippen molar-refractivity contribution in [1.29, 1.82) is 0 Å². The van der Waals surface area contributed by atoms with Crippen molar-refractivity contribution in [3.05, 3.63) is 51.7 Å². The minimum atomic E-state index is -3.72. The van der Waals surface area contributed by atoms with E-state index in [4.69, 9.17) is 11.6 Å². The van der Waals surface area contributed by atoms with Gasteiger partial charge in [-0.2, -0.15) is 0 Å². The summed E-state index contributed by atoms with van der Waals surface area (Å²) < 4.78 is 27.6. The molecule has 0 radical (unpaired) electrons. The first-order chi connectivity index (χ1) is 8.90. The highest BCUT2D eigenvalue weighted by Gasteiger charge is 2.18. The standard InChI is InChI=1S/C12H10BrClN2O2S/c1-8-10(6-7-12(13)15-8)16-19(17,18)11-5-3-2-4-9(11)14/h2-7,16H,1H3. The number of nitrogens with one attached hydrogen (secondary N) is 1. The highest BCUT2D eigenvalue weighted by Crippen LogP contribution is 2.24. The number of pyridine rings is 1. The fourth-order valence-electron chi connectivity index (χ4n) is 1.50. The van der Waals surface area contributed by atoms with Gasteiger partial charge in [0.05, 0.1) is 16.4 Å². The Morgan fingerprint density at radius 1 is 1.21 bits per heavy atom. The number of benzene rings is 1. The molecule has 1 N–H and O–H groups in total. The molecule has 2 aromatic rings. The zero-order valence-corrected chi connectivity index (χ0v) is 13.1. The van der Waals surface area contributed by atoms with Crippen LogP contribution in [0.25, 0.3) is 0 Å². The predicted octanol–water partition coefficient (Wildman–Crippen LogP) is 3.61. The van der Waals surface area contributed by atoms with Gasteiger partial charge in [-0.1, -0.05) is 23.7 Å². The van der Waals surface area contributed by atoms with Crippen LogP contribution in [0, 0.1) is 6.92 Å². The summed E-state index contributed by atoms with van der Waals surface area (Å²) in [4.78, 5) is 4.17. The number of anilines is 1. The molecule has 0 fully saturated rings.